The number of esters is 2. The number of allylic oxidation sites excluding steroid dienone is 4. The Kier molecular flexibility index (Phi) is 9.76. The van der Waals surface area contributed by atoms with E-state index >= 15 is 0 Å². The minimum atomic E-state index is -0.240. The Morgan fingerprint density at radius 1 is 0.710 bits per heavy atom. The van der Waals surface area contributed by atoms with Gasteiger partial charge in [0.05, 0.1) is 0 Å². The predicted octanol–water partition coefficient (Wildman–Crippen LogP) is 6.15. The molecule has 0 radical (unpaired) electrons. The lowest BCUT2D eigenvalue weighted by Gasteiger charge is -2.14. The van der Waals surface area contributed by atoms with E-state index in [1.165, 1.54) is 11.1 Å². The molecule has 0 heterocycles. The van der Waals surface area contributed by atoms with E-state index in [0.717, 1.165) is 30.4 Å². The summed E-state index contributed by atoms with van der Waals surface area (Å²) in [7, 11) is 0. The van der Waals surface area contributed by atoms with Crippen molar-refractivity contribution in [3.8, 4) is 11.5 Å². The van der Waals surface area contributed by atoms with Gasteiger partial charge in [0, 0.05) is 12.8 Å². The van der Waals surface area contributed by atoms with Crippen LogP contribution in [0.3, 0.4) is 0 Å². The molecular formula is C27H32O4. The Morgan fingerprint density at radius 2 is 1.13 bits per heavy atom. The highest BCUT2D eigenvalue weighted by Gasteiger charge is 2.11. The van der Waals surface area contributed by atoms with Gasteiger partial charge >= 0.3 is 11.9 Å². The number of carbonyl (C=O) groups excluding carboxylic acids is 2. The zero-order chi connectivity index (χ0) is 22.6. The van der Waals surface area contributed by atoms with Crippen molar-refractivity contribution in [2.75, 3.05) is 0 Å². The lowest BCUT2D eigenvalue weighted by atomic mass is 9.93. The molecule has 0 spiro atoms. The van der Waals surface area contributed by atoms with E-state index in [0.29, 0.717) is 24.3 Å². The first-order valence-electron chi connectivity index (χ1n) is 10.9. The van der Waals surface area contributed by atoms with Crippen molar-refractivity contribution in [2.24, 2.45) is 0 Å². The Balaban J connectivity index is 2.37. The van der Waals surface area contributed by atoms with Gasteiger partial charge in [-0.25, -0.2) is 0 Å². The SMILES string of the molecule is CC=CCc1cc(OC(=O)CC)ccc1Cc1ccc(OC(=O)CC)cc1CC=CC. The third-order valence-electron chi connectivity index (χ3n) is 4.92. The van der Waals surface area contributed by atoms with Gasteiger partial charge < -0.3 is 9.47 Å². The number of ether oxygens (including phenoxy) is 2. The van der Waals surface area contributed by atoms with Crippen LogP contribution in [0.25, 0.3) is 0 Å². The fourth-order valence-corrected chi connectivity index (χ4v) is 3.16. The average molecular weight is 421 g/mol. The van der Waals surface area contributed by atoms with E-state index in [1.807, 2.05) is 62.4 Å². The summed E-state index contributed by atoms with van der Waals surface area (Å²) < 4.78 is 10.8. The Morgan fingerprint density at radius 3 is 1.48 bits per heavy atom. The molecule has 0 fully saturated rings. The first-order valence-corrected chi connectivity index (χ1v) is 10.9. The standard InChI is InChI=1S/C27H32O4/c1-5-9-11-20-18-24(30-26(28)7-3)15-13-22(20)17-23-14-16-25(31-27(29)8-4)19-21(23)12-10-6-2/h5-6,9-10,13-16,18-19H,7-8,11-12,17H2,1-4H3. The van der Waals surface area contributed by atoms with E-state index in [9.17, 15) is 9.59 Å². The molecule has 2 aromatic carbocycles. The highest BCUT2D eigenvalue weighted by molar-refractivity contribution is 5.72. The molecule has 0 unspecified atom stereocenters. The van der Waals surface area contributed by atoms with Gasteiger partial charge in [0.2, 0.25) is 0 Å². The van der Waals surface area contributed by atoms with Crippen molar-refractivity contribution in [2.45, 2.75) is 59.8 Å². The first kappa shape index (κ1) is 24.1. The van der Waals surface area contributed by atoms with Gasteiger partial charge in [-0.2, -0.15) is 0 Å². The molecule has 0 N–H and O–H groups in total. The Labute approximate surface area is 185 Å². The van der Waals surface area contributed by atoms with Crippen LogP contribution in [0.15, 0.2) is 60.7 Å². The van der Waals surface area contributed by atoms with Crippen molar-refractivity contribution >= 4 is 11.9 Å². The molecule has 4 nitrogen and oxygen atoms in total. The number of hydrogen-bond donors (Lipinski definition) is 0. The zero-order valence-electron chi connectivity index (χ0n) is 18.9. The van der Waals surface area contributed by atoms with E-state index < -0.39 is 0 Å². The van der Waals surface area contributed by atoms with Crippen LogP contribution < -0.4 is 9.47 Å². The maximum Gasteiger partial charge on any atom is 0.310 e. The molecule has 4 heteroatoms. The van der Waals surface area contributed by atoms with Crippen LogP contribution >= 0.6 is 0 Å². The molecule has 0 amide bonds. The molecule has 0 bridgehead atoms. The summed E-state index contributed by atoms with van der Waals surface area (Å²) in [5.41, 5.74) is 4.60. The third-order valence-corrected chi connectivity index (χ3v) is 4.92. The highest BCUT2D eigenvalue weighted by Crippen LogP contribution is 2.26. The van der Waals surface area contributed by atoms with Crippen molar-refractivity contribution in [3.63, 3.8) is 0 Å². The molecule has 2 rings (SSSR count). The molecule has 0 atom stereocenters. The quantitative estimate of drug-likeness (QED) is 0.263. The van der Waals surface area contributed by atoms with Crippen LogP contribution in [0.2, 0.25) is 0 Å². The van der Waals surface area contributed by atoms with Gasteiger partial charge in [0.25, 0.3) is 0 Å². The van der Waals surface area contributed by atoms with E-state index in [-0.39, 0.29) is 11.9 Å². The topological polar surface area (TPSA) is 52.6 Å². The number of hydrogen-bond acceptors (Lipinski definition) is 4. The van der Waals surface area contributed by atoms with Crippen LogP contribution in [0.5, 0.6) is 11.5 Å². The molecule has 0 saturated heterocycles. The van der Waals surface area contributed by atoms with Crippen LogP contribution in [0.1, 0.15) is 62.8 Å². The summed E-state index contributed by atoms with van der Waals surface area (Å²) in [6.45, 7) is 7.55. The van der Waals surface area contributed by atoms with E-state index in [1.54, 1.807) is 13.8 Å². The van der Waals surface area contributed by atoms with Crippen LogP contribution in [-0.4, -0.2) is 11.9 Å². The highest BCUT2D eigenvalue weighted by atomic mass is 16.5. The van der Waals surface area contributed by atoms with Crippen molar-refractivity contribution < 1.29 is 19.1 Å². The fraction of sp³-hybridized carbons (Fsp3) is 0.333. The minimum Gasteiger partial charge on any atom is -0.427 e. The number of carbonyl (C=O) groups is 2. The number of rotatable bonds is 10. The summed E-state index contributed by atoms with van der Waals surface area (Å²) in [5, 5.41) is 0. The molecule has 0 aliphatic heterocycles. The van der Waals surface area contributed by atoms with Gasteiger partial charge in [-0.15, -0.1) is 0 Å². The molecule has 0 saturated carbocycles. The van der Waals surface area contributed by atoms with Gasteiger partial charge in [-0.1, -0.05) is 50.3 Å². The molecule has 2 aromatic rings. The van der Waals surface area contributed by atoms with Gasteiger partial charge in [-0.05, 0) is 79.6 Å². The monoisotopic (exact) mass is 420 g/mol. The number of benzene rings is 2. The van der Waals surface area contributed by atoms with E-state index in [4.69, 9.17) is 9.47 Å². The molecule has 31 heavy (non-hydrogen) atoms. The van der Waals surface area contributed by atoms with Gasteiger partial charge in [0.15, 0.2) is 0 Å². The molecule has 164 valence electrons. The van der Waals surface area contributed by atoms with E-state index in [2.05, 4.69) is 12.2 Å². The summed E-state index contributed by atoms with van der Waals surface area (Å²) in [6, 6.07) is 11.7. The van der Waals surface area contributed by atoms with Crippen molar-refractivity contribution in [1.82, 2.24) is 0 Å². The Hall–Kier alpha value is -3.14. The zero-order valence-corrected chi connectivity index (χ0v) is 18.9. The summed E-state index contributed by atoms with van der Waals surface area (Å²) in [6.07, 6.45) is 11.2. The molecule has 0 aliphatic carbocycles. The summed E-state index contributed by atoms with van der Waals surface area (Å²) >= 11 is 0. The second kappa shape index (κ2) is 12.5. The second-order valence-electron chi connectivity index (χ2n) is 7.24. The van der Waals surface area contributed by atoms with Crippen LogP contribution in [0.4, 0.5) is 0 Å². The molecule has 0 aliphatic rings. The first-order chi connectivity index (χ1) is 15.0. The summed E-state index contributed by atoms with van der Waals surface area (Å²) in [4.78, 5) is 23.4. The maximum atomic E-state index is 11.7. The van der Waals surface area contributed by atoms with Crippen molar-refractivity contribution in [3.05, 3.63) is 83.0 Å². The molecular weight excluding hydrogens is 388 g/mol. The third kappa shape index (κ3) is 7.56. The summed E-state index contributed by atoms with van der Waals surface area (Å²) in [5.74, 6) is 0.670. The van der Waals surface area contributed by atoms with Gasteiger partial charge in [-0.3, -0.25) is 9.59 Å². The molecule has 0 aromatic heterocycles. The predicted molar refractivity (Wildman–Crippen MR) is 125 cm³/mol. The Bertz CT molecular complexity index is 876. The average Bonchev–Trinajstić information content (AvgIpc) is 2.78. The van der Waals surface area contributed by atoms with Gasteiger partial charge in [0.1, 0.15) is 11.5 Å². The minimum absolute atomic E-state index is 0.240. The van der Waals surface area contributed by atoms with Crippen LogP contribution in [0, 0.1) is 0 Å². The smallest absolute Gasteiger partial charge is 0.310 e. The van der Waals surface area contributed by atoms with Crippen LogP contribution in [-0.2, 0) is 28.9 Å². The normalized spacial score (nSPS) is 11.2. The second-order valence-corrected chi connectivity index (χ2v) is 7.24. The fourth-order valence-electron chi connectivity index (χ4n) is 3.16. The lowest BCUT2D eigenvalue weighted by molar-refractivity contribution is -0.134. The largest absolute Gasteiger partial charge is 0.427 e. The lowest BCUT2D eigenvalue weighted by Crippen LogP contribution is -2.07. The maximum absolute atomic E-state index is 11.7. The van der Waals surface area contributed by atoms with Crippen molar-refractivity contribution in [1.29, 1.82) is 0 Å².